The summed E-state index contributed by atoms with van der Waals surface area (Å²) in [6.45, 7) is 20.6. The van der Waals surface area contributed by atoms with Gasteiger partial charge < -0.3 is 24.5 Å². The van der Waals surface area contributed by atoms with E-state index in [0.29, 0.717) is 65.8 Å². The van der Waals surface area contributed by atoms with Gasteiger partial charge in [-0.25, -0.2) is 58.8 Å². The first-order valence-electron chi connectivity index (χ1n) is 22.9. The first kappa shape index (κ1) is 62.8. The first-order valence-corrected chi connectivity index (χ1v) is 24.3. The molecule has 1 unspecified atom stereocenters. The van der Waals surface area contributed by atoms with Gasteiger partial charge in [0.1, 0.15) is 42.6 Å². The highest BCUT2D eigenvalue weighted by Gasteiger charge is 2.51. The van der Waals surface area contributed by atoms with Crippen LogP contribution in [-0.2, 0) is 28.9 Å². The molecule has 2 N–H and O–H groups in total. The first-order chi connectivity index (χ1) is 34.4. The minimum atomic E-state index is -4.72. The number of carbonyl (C=O) groups is 3. The van der Waals surface area contributed by atoms with Crippen LogP contribution in [0.2, 0.25) is 0 Å². The van der Waals surface area contributed by atoms with Crippen molar-refractivity contribution in [1.29, 1.82) is 0 Å². The molecule has 0 radical (unpaired) electrons. The molecule has 8 rings (SSSR count). The molecule has 27 heteroatoms. The average molecular weight is 1110 g/mol. The third-order valence-electron chi connectivity index (χ3n) is 9.83. The second-order valence-electron chi connectivity index (χ2n) is 19.0. The fraction of sp³-hybridized carbons (Fsp3) is 0.500. The fourth-order valence-corrected chi connectivity index (χ4v) is 6.52. The highest BCUT2D eigenvalue weighted by atomic mass is 35.6. The van der Waals surface area contributed by atoms with Crippen LogP contribution in [0.5, 0.6) is 0 Å². The second-order valence-corrected chi connectivity index (χ2v) is 21.0. The van der Waals surface area contributed by atoms with Crippen molar-refractivity contribution in [3.05, 3.63) is 97.7 Å². The van der Waals surface area contributed by atoms with Gasteiger partial charge in [0.15, 0.2) is 21.3 Å². The van der Waals surface area contributed by atoms with Crippen LogP contribution in [0.1, 0.15) is 119 Å². The van der Waals surface area contributed by atoms with E-state index in [1.807, 2.05) is 53.0 Å². The lowest BCUT2D eigenvalue weighted by Gasteiger charge is -2.28. The minimum Gasteiger partial charge on any atom is -0.443 e. The predicted molar refractivity (Wildman–Crippen MR) is 279 cm³/mol. The molecule has 0 bridgehead atoms. The highest BCUT2D eigenvalue weighted by Crippen LogP contribution is 2.36. The molecule has 0 aliphatic heterocycles. The van der Waals surface area contributed by atoms with E-state index in [0.717, 1.165) is 29.7 Å². The third kappa shape index (κ3) is 18.7. The van der Waals surface area contributed by atoms with Crippen molar-refractivity contribution in [1.82, 2.24) is 67.9 Å². The van der Waals surface area contributed by atoms with Crippen LogP contribution in [0.3, 0.4) is 0 Å². The number of aromatic nitrogens is 14. The number of nitrogens with one attached hydrogen (secondary N) is 1. The fourth-order valence-electron chi connectivity index (χ4n) is 6.52. The van der Waals surface area contributed by atoms with Gasteiger partial charge >= 0.3 is 24.4 Å². The number of halogens is 6. The Morgan fingerprint density at radius 3 is 1.80 bits per heavy atom. The Labute approximate surface area is 448 Å². The molecular weight excluding hydrogens is 1050 g/mol. The Morgan fingerprint density at radius 2 is 1.35 bits per heavy atom. The molecule has 0 saturated carbocycles. The van der Waals surface area contributed by atoms with Crippen LogP contribution >= 0.6 is 34.8 Å². The largest absolute Gasteiger partial charge is 0.443 e. The quantitative estimate of drug-likeness (QED) is 0.147. The molecule has 0 saturated heterocycles. The third-order valence-corrected chi connectivity index (χ3v) is 9.83. The monoisotopic (exact) mass is 1110 g/mol. The number of nitrogens with zero attached hydrogens (tertiary/aromatic N) is 14. The molecule has 0 amide bonds. The molecule has 1 aliphatic carbocycles. The Bertz CT molecular complexity index is 2830. The highest BCUT2D eigenvalue weighted by molar-refractivity contribution is 6.63. The summed E-state index contributed by atoms with van der Waals surface area (Å²) in [6.07, 6.45) is 13.8. The topological polar surface area (TPSA) is 243 Å². The number of rotatable bonds is 6. The van der Waals surface area contributed by atoms with Crippen molar-refractivity contribution in [2.24, 2.45) is 0 Å². The number of fused-ring (bicyclic) bond motifs is 2. The van der Waals surface area contributed by atoms with Crippen LogP contribution in [-0.4, -0.2) is 125 Å². The normalized spacial score (nSPS) is 13.3. The number of hydrogen-bond acceptors (Lipinski definition) is 16. The summed E-state index contributed by atoms with van der Waals surface area (Å²) in [6, 6.07) is -0.277. The van der Waals surface area contributed by atoms with E-state index in [1.54, 1.807) is 64.1 Å². The molecule has 75 heavy (non-hydrogen) atoms. The predicted octanol–water partition coefficient (Wildman–Crippen LogP) is 10.9. The van der Waals surface area contributed by atoms with Crippen LogP contribution in [0.4, 0.5) is 33.4 Å². The summed E-state index contributed by atoms with van der Waals surface area (Å²) in [7, 11) is 0. The van der Waals surface area contributed by atoms with Crippen molar-refractivity contribution in [3.8, 4) is 11.4 Å². The van der Waals surface area contributed by atoms with Crippen molar-refractivity contribution in [3.63, 3.8) is 0 Å². The summed E-state index contributed by atoms with van der Waals surface area (Å²) in [5, 5.41) is 16.4. The maximum absolute atomic E-state index is 13.4. The van der Waals surface area contributed by atoms with E-state index in [-0.39, 0.29) is 25.4 Å². The molecule has 1 aliphatic rings. The van der Waals surface area contributed by atoms with Gasteiger partial charge in [-0.1, -0.05) is 56.1 Å². The molecule has 7 aromatic heterocycles. The van der Waals surface area contributed by atoms with E-state index in [4.69, 9.17) is 54.4 Å². The van der Waals surface area contributed by atoms with Crippen molar-refractivity contribution in [2.45, 2.75) is 156 Å². The number of ether oxygens (including phenoxy) is 2. The Kier molecular flexibility index (Phi) is 22.5. The summed E-state index contributed by atoms with van der Waals surface area (Å²) < 4.78 is 56.3. The molecule has 0 aromatic carbocycles. The minimum absolute atomic E-state index is 0. The summed E-state index contributed by atoms with van der Waals surface area (Å²) in [5.41, 5.74) is 0.477. The molecule has 410 valence electrons. The van der Waals surface area contributed by atoms with Gasteiger partial charge in [0, 0.05) is 62.2 Å². The van der Waals surface area contributed by atoms with Crippen LogP contribution in [0, 0.1) is 6.92 Å². The zero-order valence-corrected chi connectivity index (χ0v) is 45.3. The Morgan fingerprint density at radius 1 is 0.827 bits per heavy atom. The molecule has 0 spiro atoms. The molecule has 21 nitrogen and oxygen atoms in total. The molecular formula is C48H65Cl3F3N15O6. The van der Waals surface area contributed by atoms with Gasteiger partial charge in [-0.2, -0.15) is 23.0 Å². The van der Waals surface area contributed by atoms with Gasteiger partial charge in [-0.15, -0.1) is 0 Å². The number of aryl methyl sites for hydroxylation is 2. The van der Waals surface area contributed by atoms with Gasteiger partial charge in [0.2, 0.25) is 5.60 Å². The van der Waals surface area contributed by atoms with Crippen molar-refractivity contribution < 1.29 is 42.1 Å². The van der Waals surface area contributed by atoms with E-state index in [2.05, 4.69) is 45.3 Å². The zero-order valence-electron chi connectivity index (χ0n) is 43.0. The number of imidazole rings is 4. The van der Waals surface area contributed by atoms with Gasteiger partial charge in [0.05, 0.1) is 22.6 Å². The smallest absolute Gasteiger partial charge is 0.435 e. The van der Waals surface area contributed by atoms with Crippen molar-refractivity contribution >= 4 is 70.0 Å². The summed E-state index contributed by atoms with van der Waals surface area (Å²) >= 11 is 14.4. The van der Waals surface area contributed by atoms with Crippen LogP contribution in [0.15, 0.2) is 74.9 Å². The van der Waals surface area contributed by atoms with Gasteiger partial charge in [-0.3, -0.25) is 9.13 Å². The SMILES string of the molecule is C.CC(C)(C)O.CC(C)(C)OC(=O)n1ccnc1.CCn1c(-c2cnc(C)nc2)nc2c(NC3CCc4c(c(C(C)C)nn4C(=O)OC(C)(C)C(F)(F)F)C3)ncnc21.ClC(Cl)Cl.O=C(n1ccnc1)n1ccnc1. The number of alkyl halides is 6. The molecule has 0 fully saturated rings. The maximum atomic E-state index is 13.4. The Balaban J connectivity index is 0.000000350. The Hall–Kier alpha value is -6.50. The number of aliphatic hydroxyl groups is 1. The summed E-state index contributed by atoms with van der Waals surface area (Å²) in [5.74, 6) is 1.85. The molecule has 1 atom stereocenters. The van der Waals surface area contributed by atoms with Gasteiger partial charge in [-0.05, 0) is 100.0 Å². The van der Waals surface area contributed by atoms with Gasteiger partial charge in [0.25, 0.3) is 0 Å². The molecule has 7 aromatic rings. The number of carbonyl (C=O) groups excluding carboxylic acids is 3. The van der Waals surface area contributed by atoms with Crippen LogP contribution < -0.4 is 5.32 Å². The standard InChI is InChI=1S/C27H32F3N9O2.C8H12N2O2.C7H6N4O.C4H10O.CHCl3.CH4/c1-7-38-23(16-11-31-15(4)32-12-16)36-21-22(33-13-34-24(21)38)35-17-8-9-19-18(10-17)20(14(2)3)37-39(19)25(40)41-26(5,6)27(28,29)30;1-8(2,3)12-7(11)10-5-4-9-6-10;12-7(10-3-1-8-5-10)11-4-2-9-6-11;1-4(2,3)5;2-1(3)4;/h11-14,17H,7-10H2,1-6H3,(H,33,34,35);4-6H,1-3H3;1-6H;5H,1-3H3;1H;1H4. The van der Waals surface area contributed by atoms with Crippen LogP contribution in [0.25, 0.3) is 22.6 Å². The number of anilines is 1. The maximum Gasteiger partial charge on any atom is 0.435 e. The van der Waals surface area contributed by atoms with E-state index >= 15 is 0 Å². The lowest BCUT2D eigenvalue weighted by atomic mass is 9.89. The van der Waals surface area contributed by atoms with E-state index < -0.39 is 39.5 Å². The van der Waals surface area contributed by atoms with E-state index in [9.17, 15) is 27.6 Å². The average Bonchev–Trinajstić information content (AvgIpc) is 4.15. The lowest BCUT2D eigenvalue weighted by Crippen LogP contribution is -2.44. The zero-order chi connectivity index (χ0) is 55.3. The molecule has 7 heterocycles. The second kappa shape index (κ2) is 26.8. The summed E-state index contributed by atoms with van der Waals surface area (Å²) in [4.78, 5) is 69.1. The van der Waals surface area contributed by atoms with Crippen molar-refractivity contribution in [2.75, 3.05) is 5.32 Å². The van der Waals surface area contributed by atoms with E-state index in [1.165, 1.54) is 45.2 Å². The lowest BCUT2D eigenvalue weighted by molar-refractivity contribution is -0.244. The number of hydrogen-bond donors (Lipinski definition) is 2.